The van der Waals surface area contributed by atoms with Crippen LogP contribution in [0, 0.1) is 0 Å². The average molecular weight is 270 g/mol. The summed E-state index contributed by atoms with van der Waals surface area (Å²) in [5.41, 5.74) is 2.24. The highest BCUT2D eigenvalue weighted by Gasteiger charge is 2.22. The van der Waals surface area contributed by atoms with Crippen molar-refractivity contribution in [3.63, 3.8) is 0 Å². The van der Waals surface area contributed by atoms with Gasteiger partial charge in [0, 0.05) is 18.7 Å². The van der Waals surface area contributed by atoms with E-state index in [0.717, 1.165) is 31.0 Å². The molecular weight excluding hydrogens is 250 g/mol. The fourth-order valence-corrected chi connectivity index (χ4v) is 2.43. The fraction of sp³-hybridized carbons (Fsp3) is 0.571. The van der Waals surface area contributed by atoms with Crippen LogP contribution in [-0.4, -0.2) is 26.8 Å². The lowest BCUT2D eigenvalue weighted by Crippen LogP contribution is -2.33. The number of methoxy groups -OCH3 is 1. The average Bonchev–Trinajstić information content (AvgIpc) is 2.39. The predicted molar refractivity (Wildman–Crippen MR) is 73.7 cm³/mol. The molecule has 100 valence electrons. The summed E-state index contributed by atoms with van der Waals surface area (Å²) in [6.07, 6.45) is 0.0128. The largest absolute Gasteiger partial charge is 0.495 e. The van der Waals surface area contributed by atoms with E-state index >= 15 is 0 Å². The summed E-state index contributed by atoms with van der Waals surface area (Å²) in [5.74, 6) is 1.17. The van der Waals surface area contributed by atoms with E-state index in [0.29, 0.717) is 10.9 Å². The minimum Gasteiger partial charge on any atom is -0.495 e. The quantitative estimate of drug-likeness (QED) is 0.915. The molecule has 0 aliphatic carbocycles. The van der Waals surface area contributed by atoms with Gasteiger partial charge in [0.2, 0.25) is 0 Å². The first-order chi connectivity index (χ1) is 8.63. The van der Waals surface area contributed by atoms with E-state index in [1.54, 1.807) is 7.11 Å². The highest BCUT2D eigenvalue weighted by molar-refractivity contribution is 6.32. The molecule has 4 heteroatoms. The second kappa shape index (κ2) is 5.91. The Morgan fingerprint density at radius 1 is 1.44 bits per heavy atom. The maximum absolute atomic E-state index is 6.39. The summed E-state index contributed by atoms with van der Waals surface area (Å²) < 4.78 is 11.1. The predicted octanol–water partition coefficient (Wildman–Crippen LogP) is 3.13. The SMILES string of the molecule is COc1cc(C(C)C)cc(C2CNCCO2)c1Cl. The minimum atomic E-state index is 0.0128. The molecule has 1 aromatic rings. The van der Waals surface area contributed by atoms with E-state index < -0.39 is 0 Å². The van der Waals surface area contributed by atoms with Crippen molar-refractivity contribution >= 4 is 11.6 Å². The van der Waals surface area contributed by atoms with Crippen LogP contribution in [0.15, 0.2) is 12.1 Å². The number of rotatable bonds is 3. The number of hydrogen-bond donors (Lipinski definition) is 1. The van der Waals surface area contributed by atoms with Crippen LogP contribution in [0.5, 0.6) is 5.75 Å². The lowest BCUT2D eigenvalue weighted by molar-refractivity contribution is 0.0276. The molecule has 1 aromatic carbocycles. The Kier molecular flexibility index (Phi) is 4.49. The number of morpholine rings is 1. The normalized spacial score (nSPS) is 20.2. The molecule has 0 aromatic heterocycles. The second-order valence-electron chi connectivity index (χ2n) is 4.84. The van der Waals surface area contributed by atoms with E-state index in [2.05, 4.69) is 25.2 Å². The van der Waals surface area contributed by atoms with E-state index in [-0.39, 0.29) is 6.10 Å². The second-order valence-corrected chi connectivity index (χ2v) is 5.22. The highest BCUT2D eigenvalue weighted by Crippen LogP contribution is 2.37. The zero-order valence-corrected chi connectivity index (χ0v) is 11.9. The third kappa shape index (κ3) is 2.79. The smallest absolute Gasteiger partial charge is 0.138 e. The van der Waals surface area contributed by atoms with Gasteiger partial charge in [-0.15, -0.1) is 0 Å². The van der Waals surface area contributed by atoms with Gasteiger partial charge in [-0.05, 0) is 17.5 Å². The zero-order valence-electron chi connectivity index (χ0n) is 11.1. The van der Waals surface area contributed by atoms with E-state index in [1.807, 2.05) is 6.07 Å². The Bertz CT molecular complexity index is 415. The van der Waals surface area contributed by atoms with Crippen molar-refractivity contribution in [3.05, 3.63) is 28.3 Å². The van der Waals surface area contributed by atoms with Gasteiger partial charge in [-0.3, -0.25) is 0 Å². The first-order valence-corrected chi connectivity index (χ1v) is 6.71. The Labute approximate surface area is 113 Å². The Balaban J connectivity index is 2.40. The minimum absolute atomic E-state index is 0.0128. The monoisotopic (exact) mass is 269 g/mol. The van der Waals surface area contributed by atoms with Crippen molar-refractivity contribution < 1.29 is 9.47 Å². The molecule has 1 aliphatic rings. The molecule has 0 saturated carbocycles. The van der Waals surface area contributed by atoms with Crippen LogP contribution < -0.4 is 10.1 Å². The summed E-state index contributed by atoms with van der Waals surface area (Å²) in [7, 11) is 1.65. The molecule has 1 N–H and O–H groups in total. The molecule has 1 unspecified atom stereocenters. The topological polar surface area (TPSA) is 30.5 Å². The number of benzene rings is 1. The lowest BCUT2D eigenvalue weighted by Gasteiger charge is -2.26. The van der Waals surface area contributed by atoms with Gasteiger partial charge in [0.05, 0.1) is 24.8 Å². The van der Waals surface area contributed by atoms with Crippen molar-refractivity contribution in [2.45, 2.75) is 25.9 Å². The van der Waals surface area contributed by atoms with E-state index in [1.165, 1.54) is 5.56 Å². The maximum Gasteiger partial charge on any atom is 0.138 e. The summed E-state index contributed by atoms with van der Waals surface area (Å²) in [6.45, 7) is 6.73. The van der Waals surface area contributed by atoms with Gasteiger partial charge < -0.3 is 14.8 Å². The molecule has 1 heterocycles. The van der Waals surface area contributed by atoms with Crippen molar-refractivity contribution in [2.75, 3.05) is 26.8 Å². The van der Waals surface area contributed by atoms with Gasteiger partial charge in [-0.1, -0.05) is 31.5 Å². The van der Waals surface area contributed by atoms with Crippen molar-refractivity contribution in [1.29, 1.82) is 0 Å². The van der Waals surface area contributed by atoms with Crippen LogP contribution in [0.3, 0.4) is 0 Å². The standard InChI is InChI=1S/C14H20ClNO2/c1-9(2)10-6-11(13-8-16-4-5-18-13)14(15)12(7-10)17-3/h6-7,9,13,16H,4-5,8H2,1-3H3. The molecule has 1 aliphatic heterocycles. The van der Waals surface area contributed by atoms with Gasteiger partial charge in [0.25, 0.3) is 0 Å². The van der Waals surface area contributed by atoms with E-state index in [4.69, 9.17) is 21.1 Å². The highest BCUT2D eigenvalue weighted by atomic mass is 35.5. The van der Waals surface area contributed by atoms with Gasteiger partial charge in [-0.25, -0.2) is 0 Å². The van der Waals surface area contributed by atoms with Gasteiger partial charge >= 0.3 is 0 Å². The molecule has 3 nitrogen and oxygen atoms in total. The summed E-state index contributed by atoms with van der Waals surface area (Å²) >= 11 is 6.39. The summed E-state index contributed by atoms with van der Waals surface area (Å²) in [4.78, 5) is 0. The summed E-state index contributed by atoms with van der Waals surface area (Å²) in [6, 6.07) is 4.14. The molecule has 0 spiro atoms. The van der Waals surface area contributed by atoms with Crippen LogP contribution in [-0.2, 0) is 4.74 Å². The van der Waals surface area contributed by atoms with Gasteiger partial charge in [-0.2, -0.15) is 0 Å². The molecule has 0 amide bonds. The first kappa shape index (κ1) is 13.7. The van der Waals surface area contributed by atoms with Gasteiger partial charge in [0.15, 0.2) is 0 Å². The number of nitrogens with one attached hydrogen (secondary N) is 1. The summed E-state index contributed by atoms with van der Waals surface area (Å²) in [5, 5.41) is 3.98. The number of hydrogen-bond acceptors (Lipinski definition) is 3. The first-order valence-electron chi connectivity index (χ1n) is 6.33. The van der Waals surface area contributed by atoms with Gasteiger partial charge in [0.1, 0.15) is 5.75 Å². The number of halogens is 1. The van der Waals surface area contributed by atoms with Crippen LogP contribution in [0.1, 0.15) is 37.0 Å². The molecule has 1 saturated heterocycles. The van der Waals surface area contributed by atoms with E-state index in [9.17, 15) is 0 Å². The molecule has 1 atom stereocenters. The molecular formula is C14H20ClNO2. The molecule has 0 radical (unpaired) electrons. The Morgan fingerprint density at radius 3 is 2.78 bits per heavy atom. The van der Waals surface area contributed by atoms with Crippen molar-refractivity contribution in [1.82, 2.24) is 5.32 Å². The maximum atomic E-state index is 6.39. The Hall–Kier alpha value is -0.770. The van der Waals surface area contributed by atoms with Crippen LogP contribution >= 0.6 is 11.6 Å². The molecule has 2 rings (SSSR count). The van der Waals surface area contributed by atoms with Crippen LogP contribution in [0.2, 0.25) is 5.02 Å². The zero-order chi connectivity index (χ0) is 13.1. The third-order valence-electron chi connectivity index (χ3n) is 3.25. The molecule has 18 heavy (non-hydrogen) atoms. The third-order valence-corrected chi connectivity index (χ3v) is 3.66. The van der Waals surface area contributed by atoms with Crippen molar-refractivity contribution in [2.24, 2.45) is 0 Å². The molecule has 1 fully saturated rings. The van der Waals surface area contributed by atoms with Crippen LogP contribution in [0.4, 0.5) is 0 Å². The number of ether oxygens (including phenoxy) is 2. The fourth-order valence-electron chi connectivity index (χ4n) is 2.12. The van der Waals surface area contributed by atoms with Crippen molar-refractivity contribution in [3.8, 4) is 5.75 Å². The lowest BCUT2D eigenvalue weighted by atomic mass is 9.97. The Morgan fingerprint density at radius 2 is 2.22 bits per heavy atom. The molecule has 0 bridgehead atoms. The van der Waals surface area contributed by atoms with Crippen LogP contribution in [0.25, 0.3) is 0 Å².